The third-order valence-electron chi connectivity index (χ3n) is 4.74. The van der Waals surface area contributed by atoms with Crippen molar-refractivity contribution in [3.8, 4) is 0 Å². The monoisotopic (exact) mass is 297 g/mol. The number of likely N-dealkylation sites (tertiary alicyclic amines) is 1. The van der Waals surface area contributed by atoms with Gasteiger partial charge in [-0.3, -0.25) is 9.36 Å². The second-order valence-electron chi connectivity index (χ2n) is 6.35. The van der Waals surface area contributed by atoms with Gasteiger partial charge in [0.2, 0.25) is 0 Å². The molecule has 114 valence electrons. The standard InChI is InChI=1S/C17H20N4O/c1-12-4-5-14-13(10-12)15-16(19-14)17(22)21(11-18-15)9-8-20-6-2-3-7-20/h4-5,10-11,19H,2-3,6-9H2,1H3/p+1. The van der Waals surface area contributed by atoms with Gasteiger partial charge < -0.3 is 9.88 Å². The number of hydrogen-bond acceptors (Lipinski definition) is 2. The van der Waals surface area contributed by atoms with E-state index in [1.165, 1.54) is 31.5 Å². The fourth-order valence-electron chi connectivity index (χ4n) is 3.47. The third-order valence-corrected chi connectivity index (χ3v) is 4.74. The number of nitrogens with zero attached hydrogens (tertiary/aromatic N) is 2. The Morgan fingerprint density at radius 1 is 1.32 bits per heavy atom. The smallest absolute Gasteiger partial charge is 0.277 e. The maximum absolute atomic E-state index is 12.7. The lowest BCUT2D eigenvalue weighted by atomic mass is 10.2. The highest BCUT2D eigenvalue weighted by molar-refractivity contribution is 6.04. The first kappa shape index (κ1) is 13.5. The molecular formula is C17H21N4O+. The number of aromatic nitrogens is 3. The van der Waals surface area contributed by atoms with E-state index in [1.54, 1.807) is 15.8 Å². The summed E-state index contributed by atoms with van der Waals surface area (Å²) in [6, 6.07) is 6.15. The number of H-pyrrole nitrogens is 1. The van der Waals surface area contributed by atoms with E-state index < -0.39 is 0 Å². The summed E-state index contributed by atoms with van der Waals surface area (Å²) >= 11 is 0. The Morgan fingerprint density at radius 2 is 2.14 bits per heavy atom. The summed E-state index contributed by atoms with van der Waals surface area (Å²) in [6.45, 7) is 6.27. The maximum atomic E-state index is 12.7. The number of fused-ring (bicyclic) bond motifs is 3. The molecule has 2 aromatic heterocycles. The van der Waals surface area contributed by atoms with E-state index in [2.05, 4.69) is 23.0 Å². The zero-order chi connectivity index (χ0) is 15.1. The first-order chi connectivity index (χ1) is 10.7. The Morgan fingerprint density at radius 3 is 2.95 bits per heavy atom. The summed E-state index contributed by atoms with van der Waals surface area (Å²) in [5.41, 5.74) is 3.61. The molecule has 3 heterocycles. The second kappa shape index (κ2) is 5.25. The number of aryl methyl sites for hydroxylation is 1. The van der Waals surface area contributed by atoms with Gasteiger partial charge in [-0.2, -0.15) is 0 Å². The van der Waals surface area contributed by atoms with Crippen LogP contribution in [-0.2, 0) is 6.54 Å². The van der Waals surface area contributed by atoms with Gasteiger partial charge in [-0.25, -0.2) is 4.98 Å². The van der Waals surface area contributed by atoms with Gasteiger partial charge in [0, 0.05) is 23.7 Å². The van der Waals surface area contributed by atoms with Crippen molar-refractivity contribution < 1.29 is 4.90 Å². The molecule has 1 aliphatic heterocycles. The van der Waals surface area contributed by atoms with Gasteiger partial charge in [-0.1, -0.05) is 11.6 Å². The average molecular weight is 297 g/mol. The minimum atomic E-state index is 0.0393. The predicted molar refractivity (Wildman–Crippen MR) is 87.4 cm³/mol. The van der Waals surface area contributed by atoms with Crippen LogP contribution in [0.3, 0.4) is 0 Å². The molecule has 2 N–H and O–H groups in total. The highest BCUT2D eigenvalue weighted by Crippen LogP contribution is 2.22. The Kier molecular flexibility index (Phi) is 3.22. The Labute approximate surface area is 128 Å². The average Bonchev–Trinajstić information content (AvgIpc) is 3.14. The molecule has 0 bridgehead atoms. The lowest BCUT2D eigenvalue weighted by Gasteiger charge is -2.12. The van der Waals surface area contributed by atoms with Crippen LogP contribution in [0.2, 0.25) is 0 Å². The fraction of sp³-hybridized carbons (Fsp3) is 0.412. The molecule has 5 heteroatoms. The molecule has 5 nitrogen and oxygen atoms in total. The summed E-state index contributed by atoms with van der Waals surface area (Å²) in [7, 11) is 0. The zero-order valence-corrected chi connectivity index (χ0v) is 12.9. The highest BCUT2D eigenvalue weighted by atomic mass is 16.1. The van der Waals surface area contributed by atoms with Crippen LogP contribution in [0.15, 0.2) is 29.3 Å². The summed E-state index contributed by atoms with van der Waals surface area (Å²) in [4.78, 5) is 22.0. The van der Waals surface area contributed by atoms with Crippen molar-refractivity contribution in [1.29, 1.82) is 0 Å². The lowest BCUT2D eigenvalue weighted by Crippen LogP contribution is -3.10. The normalized spacial score (nSPS) is 16.0. The minimum absolute atomic E-state index is 0.0393. The van der Waals surface area contributed by atoms with E-state index in [0.717, 1.165) is 29.5 Å². The van der Waals surface area contributed by atoms with Gasteiger partial charge >= 0.3 is 0 Å². The van der Waals surface area contributed by atoms with Crippen LogP contribution in [0.5, 0.6) is 0 Å². The molecule has 0 saturated carbocycles. The lowest BCUT2D eigenvalue weighted by molar-refractivity contribution is -0.888. The molecule has 1 aromatic carbocycles. The molecule has 1 saturated heterocycles. The predicted octanol–water partition coefficient (Wildman–Crippen LogP) is 0.865. The summed E-state index contributed by atoms with van der Waals surface area (Å²) < 4.78 is 1.75. The van der Waals surface area contributed by atoms with Crippen molar-refractivity contribution in [2.24, 2.45) is 0 Å². The van der Waals surface area contributed by atoms with E-state index in [1.807, 2.05) is 12.1 Å². The summed E-state index contributed by atoms with van der Waals surface area (Å²) in [5, 5.41) is 1.03. The SMILES string of the molecule is Cc1ccc2[nH]c3c(=O)n(CC[NH+]4CCCC4)cnc3c2c1. The summed E-state index contributed by atoms with van der Waals surface area (Å²) in [6.07, 6.45) is 4.32. The topological polar surface area (TPSA) is 55.1 Å². The van der Waals surface area contributed by atoms with Gasteiger partial charge in [0.1, 0.15) is 11.0 Å². The number of hydrogen-bond donors (Lipinski definition) is 2. The Bertz CT molecular complexity index is 887. The fourth-order valence-corrected chi connectivity index (χ4v) is 3.47. The van der Waals surface area contributed by atoms with Gasteiger partial charge in [0.15, 0.2) is 0 Å². The first-order valence-electron chi connectivity index (χ1n) is 8.03. The van der Waals surface area contributed by atoms with Crippen molar-refractivity contribution in [3.63, 3.8) is 0 Å². The van der Waals surface area contributed by atoms with Crippen molar-refractivity contribution in [2.75, 3.05) is 19.6 Å². The molecule has 1 fully saturated rings. The van der Waals surface area contributed by atoms with Crippen LogP contribution in [0, 0.1) is 6.92 Å². The number of rotatable bonds is 3. The molecule has 22 heavy (non-hydrogen) atoms. The first-order valence-corrected chi connectivity index (χ1v) is 8.03. The number of nitrogens with one attached hydrogen (secondary N) is 2. The van der Waals surface area contributed by atoms with Crippen molar-refractivity contribution in [2.45, 2.75) is 26.3 Å². The van der Waals surface area contributed by atoms with Gasteiger partial charge in [0.05, 0.1) is 32.5 Å². The molecule has 4 rings (SSSR count). The Balaban J connectivity index is 1.73. The van der Waals surface area contributed by atoms with E-state index in [9.17, 15) is 4.79 Å². The molecule has 3 aromatic rings. The van der Waals surface area contributed by atoms with Gasteiger partial charge in [-0.15, -0.1) is 0 Å². The molecule has 1 aliphatic rings. The second-order valence-corrected chi connectivity index (χ2v) is 6.35. The van der Waals surface area contributed by atoms with E-state index >= 15 is 0 Å². The molecule has 0 unspecified atom stereocenters. The van der Waals surface area contributed by atoms with Crippen LogP contribution in [0.1, 0.15) is 18.4 Å². The number of aromatic amines is 1. The van der Waals surface area contributed by atoms with Gasteiger partial charge in [-0.05, 0) is 19.1 Å². The maximum Gasteiger partial charge on any atom is 0.277 e. The Hall–Kier alpha value is -2.14. The minimum Gasteiger partial charge on any atom is -0.349 e. The van der Waals surface area contributed by atoms with Crippen LogP contribution in [0.25, 0.3) is 21.9 Å². The third kappa shape index (κ3) is 2.22. The van der Waals surface area contributed by atoms with E-state index in [0.29, 0.717) is 5.52 Å². The van der Waals surface area contributed by atoms with Crippen LogP contribution in [-0.4, -0.2) is 34.2 Å². The zero-order valence-electron chi connectivity index (χ0n) is 12.9. The largest absolute Gasteiger partial charge is 0.349 e. The van der Waals surface area contributed by atoms with Crippen LogP contribution in [0.4, 0.5) is 0 Å². The van der Waals surface area contributed by atoms with E-state index in [4.69, 9.17) is 0 Å². The molecular weight excluding hydrogens is 276 g/mol. The molecule has 0 amide bonds. The number of benzene rings is 1. The highest BCUT2D eigenvalue weighted by Gasteiger charge is 2.16. The van der Waals surface area contributed by atoms with Crippen molar-refractivity contribution in [1.82, 2.24) is 14.5 Å². The van der Waals surface area contributed by atoms with E-state index in [-0.39, 0.29) is 5.56 Å². The van der Waals surface area contributed by atoms with Crippen molar-refractivity contribution in [3.05, 3.63) is 40.4 Å². The van der Waals surface area contributed by atoms with Crippen LogP contribution < -0.4 is 10.5 Å². The molecule has 0 radical (unpaired) electrons. The molecule has 0 aliphatic carbocycles. The van der Waals surface area contributed by atoms with Crippen LogP contribution >= 0.6 is 0 Å². The number of quaternary nitrogens is 1. The van der Waals surface area contributed by atoms with Crippen molar-refractivity contribution >= 4 is 21.9 Å². The molecule has 0 spiro atoms. The molecule has 0 atom stereocenters. The van der Waals surface area contributed by atoms with Gasteiger partial charge in [0.25, 0.3) is 5.56 Å². The summed E-state index contributed by atoms with van der Waals surface area (Å²) in [5.74, 6) is 0. The quantitative estimate of drug-likeness (QED) is 0.753.